The van der Waals surface area contributed by atoms with Gasteiger partial charge in [0.1, 0.15) is 0 Å². The monoisotopic (exact) mass is 833 g/mol. The molecule has 1 aliphatic rings. The minimum atomic E-state index is -0.0328. The van der Waals surface area contributed by atoms with E-state index < -0.39 is 0 Å². The second-order valence-electron chi connectivity index (χ2n) is 18.6. The van der Waals surface area contributed by atoms with E-state index in [-0.39, 0.29) is 5.97 Å². The van der Waals surface area contributed by atoms with Crippen LogP contribution in [0.4, 0.5) is 0 Å². The normalized spacial score (nSPS) is 13.7. The molecule has 0 aliphatic carbocycles. The first-order chi connectivity index (χ1) is 29.0. The van der Waals surface area contributed by atoms with Crippen molar-refractivity contribution in [1.82, 2.24) is 19.6 Å². The summed E-state index contributed by atoms with van der Waals surface area (Å²) < 4.78 is 5.41. The maximum absolute atomic E-state index is 13.6. The lowest BCUT2D eigenvalue weighted by molar-refractivity contribution is -0.144. The lowest BCUT2D eigenvalue weighted by Crippen LogP contribution is -2.41. The Morgan fingerprint density at radius 1 is 0.424 bits per heavy atom. The largest absolute Gasteiger partial charge is 0.466 e. The molecule has 0 aromatic carbocycles. The third-order valence-electron chi connectivity index (χ3n) is 13.1. The van der Waals surface area contributed by atoms with Crippen LogP contribution in [0.25, 0.3) is 0 Å². The molecule has 7 nitrogen and oxygen atoms in total. The highest BCUT2D eigenvalue weighted by Crippen LogP contribution is 2.23. The summed E-state index contributed by atoms with van der Waals surface area (Å²) in [6, 6.07) is 0. The Bertz CT molecular complexity index is 892. The zero-order chi connectivity index (χ0) is 42.9. The van der Waals surface area contributed by atoms with Crippen LogP contribution in [0.1, 0.15) is 240 Å². The number of likely N-dealkylation sites (tertiary alicyclic amines) is 1. The van der Waals surface area contributed by atoms with E-state index in [9.17, 15) is 9.59 Å². The van der Waals surface area contributed by atoms with E-state index in [4.69, 9.17) is 4.74 Å². The standard InChI is InChI=1S/C52H104N4O3/c1-6-11-15-18-21-24-27-39-54(40-28-25-22-19-16-12-7-2)47-48-55(41-29-26-23-20-17-13-8-3)44-37-51(57)56-45-35-50(36-46-56)33-31-42-53(38-10-5)43-32-34-52(58)59-49-30-14-9-4/h50H,6-49H2,1-5H3. The fraction of sp³-hybridized carbons (Fsp3) is 0.962. The van der Waals surface area contributed by atoms with E-state index in [1.807, 2.05) is 0 Å². The average Bonchev–Trinajstić information content (AvgIpc) is 3.24. The summed E-state index contributed by atoms with van der Waals surface area (Å²) in [5.74, 6) is 1.08. The van der Waals surface area contributed by atoms with E-state index in [0.717, 1.165) is 110 Å². The van der Waals surface area contributed by atoms with Gasteiger partial charge in [0.2, 0.25) is 5.91 Å². The predicted molar refractivity (Wildman–Crippen MR) is 256 cm³/mol. The molecule has 7 heteroatoms. The number of hydrogen-bond donors (Lipinski definition) is 0. The molecular weight excluding hydrogens is 729 g/mol. The Morgan fingerprint density at radius 2 is 0.831 bits per heavy atom. The molecule has 59 heavy (non-hydrogen) atoms. The van der Waals surface area contributed by atoms with Crippen molar-refractivity contribution in [3.05, 3.63) is 0 Å². The SMILES string of the molecule is CCCCCCCCCN(CCCCCCCCC)CCN(CCCCCCCCC)CCC(=O)N1CCC(CCCN(CCC)CCCC(=O)OCCCCC)CC1. The molecule has 0 spiro atoms. The van der Waals surface area contributed by atoms with Crippen molar-refractivity contribution in [2.45, 2.75) is 240 Å². The minimum Gasteiger partial charge on any atom is -0.466 e. The van der Waals surface area contributed by atoms with Gasteiger partial charge in [-0.3, -0.25) is 9.59 Å². The van der Waals surface area contributed by atoms with Gasteiger partial charge in [0.25, 0.3) is 0 Å². The number of rotatable bonds is 44. The van der Waals surface area contributed by atoms with Gasteiger partial charge in [-0.15, -0.1) is 0 Å². The summed E-state index contributed by atoms with van der Waals surface area (Å²) in [6.45, 7) is 23.8. The van der Waals surface area contributed by atoms with Crippen LogP contribution in [0.5, 0.6) is 0 Å². The van der Waals surface area contributed by atoms with Gasteiger partial charge in [-0.25, -0.2) is 0 Å². The number of amides is 1. The van der Waals surface area contributed by atoms with Crippen molar-refractivity contribution in [1.29, 1.82) is 0 Å². The van der Waals surface area contributed by atoms with Gasteiger partial charge in [0.05, 0.1) is 6.61 Å². The number of unbranched alkanes of at least 4 members (excludes halogenated alkanes) is 20. The molecule has 0 saturated carbocycles. The van der Waals surface area contributed by atoms with E-state index >= 15 is 0 Å². The average molecular weight is 833 g/mol. The van der Waals surface area contributed by atoms with Gasteiger partial charge in [0.15, 0.2) is 0 Å². The van der Waals surface area contributed by atoms with Crippen LogP contribution in [-0.2, 0) is 14.3 Å². The fourth-order valence-electron chi connectivity index (χ4n) is 9.03. The van der Waals surface area contributed by atoms with Gasteiger partial charge in [-0.1, -0.05) is 163 Å². The molecular formula is C52H104N4O3. The van der Waals surface area contributed by atoms with Gasteiger partial charge < -0.3 is 24.3 Å². The first-order valence-corrected chi connectivity index (χ1v) is 26.6. The van der Waals surface area contributed by atoms with Crippen molar-refractivity contribution >= 4 is 11.9 Å². The Balaban J connectivity index is 2.58. The second-order valence-corrected chi connectivity index (χ2v) is 18.6. The van der Waals surface area contributed by atoms with Crippen LogP contribution in [0, 0.1) is 5.92 Å². The van der Waals surface area contributed by atoms with Crippen LogP contribution >= 0.6 is 0 Å². The number of hydrogen-bond acceptors (Lipinski definition) is 6. The van der Waals surface area contributed by atoms with Crippen molar-refractivity contribution in [3.8, 4) is 0 Å². The van der Waals surface area contributed by atoms with E-state index in [2.05, 4.69) is 54.2 Å². The summed E-state index contributed by atoms with van der Waals surface area (Å²) >= 11 is 0. The molecule has 0 aromatic rings. The van der Waals surface area contributed by atoms with E-state index in [0.29, 0.717) is 25.4 Å². The number of esters is 1. The fourth-order valence-corrected chi connectivity index (χ4v) is 9.03. The van der Waals surface area contributed by atoms with Crippen molar-refractivity contribution < 1.29 is 14.3 Å². The summed E-state index contributed by atoms with van der Waals surface area (Å²) in [6.07, 6.45) is 39.9. The molecule has 0 bridgehead atoms. The van der Waals surface area contributed by atoms with Crippen LogP contribution in [0.2, 0.25) is 0 Å². The van der Waals surface area contributed by atoms with Crippen LogP contribution in [0.3, 0.4) is 0 Å². The van der Waals surface area contributed by atoms with Crippen LogP contribution in [0.15, 0.2) is 0 Å². The molecule has 1 heterocycles. The number of carbonyl (C=O) groups excluding carboxylic acids is 2. The molecule has 0 unspecified atom stereocenters. The number of carbonyl (C=O) groups is 2. The quantitative estimate of drug-likeness (QED) is 0.0450. The molecule has 1 rings (SSSR count). The molecule has 1 amide bonds. The van der Waals surface area contributed by atoms with Crippen molar-refractivity contribution in [3.63, 3.8) is 0 Å². The first-order valence-electron chi connectivity index (χ1n) is 26.6. The Labute approximate surface area is 369 Å². The zero-order valence-electron chi connectivity index (χ0n) is 40.7. The Morgan fingerprint density at radius 3 is 1.32 bits per heavy atom. The zero-order valence-corrected chi connectivity index (χ0v) is 40.7. The first kappa shape index (κ1) is 55.8. The summed E-state index contributed by atoms with van der Waals surface area (Å²) in [5.41, 5.74) is 0. The molecule has 0 atom stereocenters. The number of piperidine rings is 1. The highest BCUT2D eigenvalue weighted by atomic mass is 16.5. The third-order valence-corrected chi connectivity index (χ3v) is 13.1. The number of nitrogens with zero attached hydrogens (tertiary/aromatic N) is 4. The molecule has 0 radical (unpaired) electrons. The highest BCUT2D eigenvalue weighted by Gasteiger charge is 2.23. The van der Waals surface area contributed by atoms with Gasteiger partial charge in [-0.05, 0) is 109 Å². The van der Waals surface area contributed by atoms with E-state index in [1.54, 1.807) is 0 Å². The van der Waals surface area contributed by atoms with Crippen LogP contribution < -0.4 is 0 Å². The predicted octanol–water partition coefficient (Wildman–Crippen LogP) is 13.5. The second kappa shape index (κ2) is 42.1. The summed E-state index contributed by atoms with van der Waals surface area (Å²) in [5, 5.41) is 0. The van der Waals surface area contributed by atoms with Gasteiger partial charge in [-0.2, -0.15) is 0 Å². The molecule has 1 fully saturated rings. The maximum atomic E-state index is 13.6. The summed E-state index contributed by atoms with van der Waals surface area (Å²) in [4.78, 5) is 35.9. The Kier molecular flexibility index (Phi) is 39.9. The van der Waals surface area contributed by atoms with Gasteiger partial charge >= 0.3 is 5.97 Å². The lowest BCUT2D eigenvalue weighted by atomic mass is 9.92. The Hall–Kier alpha value is -1.18. The molecule has 350 valence electrons. The maximum Gasteiger partial charge on any atom is 0.305 e. The highest BCUT2D eigenvalue weighted by molar-refractivity contribution is 5.76. The topological polar surface area (TPSA) is 56.3 Å². The molecule has 1 aliphatic heterocycles. The van der Waals surface area contributed by atoms with Crippen molar-refractivity contribution in [2.75, 3.05) is 78.6 Å². The molecule has 0 aromatic heterocycles. The van der Waals surface area contributed by atoms with Crippen LogP contribution in [-0.4, -0.2) is 110 Å². The summed E-state index contributed by atoms with van der Waals surface area (Å²) in [7, 11) is 0. The van der Waals surface area contributed by atoms with E-state index in [1.165, 1.54) is 161 Å². The van der Waals surface area contributed by atoms with Crippen molar-refractivity contribution in [2.24, 2.45) is 5.92 Å². The molecule has 0 N–H and O–H groups in total. The minimum absolute atomic E-state index is 0.0328. The molecule has 1 saturated heterocycles. The smallest absolute Gasteiger partial charge is 0.305 e. The van der Waals surface area contributed by atoms with Gasteiger partial charge in [0, 0.05) is 45.6 Å². The lowest BCUT2D eigenvalue weighted by Gasteiger charge is -2.33. The third kappa shape index (κ3) is 34.0. The number of ether oxygens (including phenoxy) is 1.